The first kappa shape index (κ1) is 15.5. The van der Waals surface area contributed by atoms with Crippen LogP contribution in [-0.2, 0) is 5.75 Å². The lowest BCUT2D eigenvalue weighted by atomic mass is 10.00. The van der Waals surface area contributed by atoms with Crippen LogP contribution < -0.4 is 5.56 Å². The largest absolute Gasteiger partial charge is 0.477 e. The molecule has 0 amide bonds. The maximum absolute atomic E-state index is 12.8. The van der Waals surface area contributed by atoms with E-state index in [-0.39, 0.29) is 11.6 Å². The lowest BCUT2D eigenvalue weighted by Gasteiger charge is -2.25. The summed E-state index contributed by atoms with van der Waals surface area (Å²) in [5, 5.41) is 10.2. The summed E-state index contributed by atoms with van der Waals surface area (Å²) in [6.45, 7) is 0. The zero-order valence-electron chi connectivity index (χ0n) is 13.4. The van der Waals surface area contributed by atoms with Crippen molar-refractivity contribution in [1.82, 2.24) is 4.57 Å². The van der Waals surface area contributed by atoms with Crippen molar-refractivity contribution in [2.45, 2.75) is 48.3 Å². The zero-order chi connectivity index (χ0) is 17.3. The summed E-state index contributed by atoms with van der Waals surface area (Å²) >= 11 is 8.24. The molecule has 25 heavy (non-hydrogen) atoms. The number of rotatable bonds is 3. The Morgan fingerprint density at radius 1 is 1.20 bits per heavy atom. The molecule has 1 aromatic heterocycles. The fraction of sp³-hybridized carbons (Fsp3) is 0.368. The van der Waals surface area contributed by atoms with Crippen LogP contribution in [0.15, 0.2) is 27.9 Å². The van der Waals surface area contributed by atoms with Crippen LogP contribution in [-0.4, -0.2) is 15.6 Å². The average molecular weight is 374 g/mol. The Kier molecular flexibility index (Phi) is 3.35. The molecule has 1 aliphatic heterocycles. The van der Waals surface area contributed by atoms with Crippen molar-refractivity contribution in [3.63, 3.8) is 0 Å². The first-order valence-electron chi connectivity index (χ1n) is 8.53. The van der Waals surface area contributed by atoms with Gasteiger partial charge < -0.3 is 9.67 Å². The molecule has 128 valence electrons. The molecule has 2 aliphatic carbocycles. The third-order valence-corrected chi connectivity index (χ3v) is 6.64. The van der Waals surface area contributed by atoms with Gasteiger partial charge in [-0.15, -0.1) is 11.8 Å². The average Bonchev–Trinajstić information content (AvgIpc) is 3.46. The highest BCUT2D eigenvalue weighted by atomic mass is 35.5. The molecule has 2 heterocycles. The van der Waals surface area contributed by atoms with Crippen molar-refractivity contribution in [1.29, 1.82) is 0 Å². The van der Waals surface area contributed by atoms with Gasteiger partial charge in [-0.2, -0.15) is 0 Å². The van der Waals surface area contributed by atoms with Gasteiger partial charge in [0.1, 0.15) is 5.56 Å². The molecule has 1 N–H and O–H groups in total. The number of benzene rings is 1. The lowest BCUT2D eigenvalue weighted by molar-refractivity contribution is 0.0694. The second-order valence-electron chi connectivity index (χ2n) is 7.08. The Balaban J connectivity index is 1.78. The number of nitrogens with zero attached hydrogens (tertiary/aromatic N) is 1. The van der Waals surface area contributed by atoms with E-state index in [9.17, 15) is 14.7 Å². The van der Waals surface area contributed by atoms with Gasteiger partial charge in [0, 0.05) is 27.3 Å². The summed E-state index contributed by atoms with van der Waals surface area (Å²) in [5.74, 6) is 0.0985. The van der Waals surface area contributed by atoms with Gasteiger partial charge in [-0.05, 0) is 60.9 Å². The summed E-state index contributed by atoms with van der Waals surface area (Å²) in [5.41, 5.74) is 3.44. The molecule has 0 unspecified atom stereocenters. The highest BCUT2D eigenvalue weighted by Gasteiger charge is 2.34. The SMILES string of the molecule is O=C(O)c1cc2c(n(C3CC3)c1=O)-c1cc(Cl)c(C3CC3)cc1SC2. The Hall–Kier alpha value is -1.72. The second kappa shape index (κ2) is 5.39. The normalized spacial score (nSPS) is 18.6. The molecule has 0 spiro atoms. The molecule has 2 fully saturated rings. The van der Waals surface area contributed by atoms with Crippen LogP contribution in [0.1, 0.15) is 59.1 Å². The van der Waals surface area contributed by atoms with E-state index in [0.29, 0.717) is 11.7 Å². The monoisotopic (exact) mass is 373 g/mol. The predicted molar refractivity (Wildman–Crippen MR) is 97.9 cm³/mol. The predicted octanol–water partition coefficient (Wildman–Crippen LogP) is 4.68. The first-order chi connectivity index (χ1) is 12.0. The number of fused-ring (bicyclic) bond motifs is 3. The molecule has 4 nitrogen and oxygen atoms in total. The number of carboxylic acids is 1. The second-order valence-corrected chi connectivity index (χ2v) is 8.50. The third kappa shape index (κ3) is 2.44. The minimum atomic E-state index is -1.15. The Labute approximate surface area is 153 Å². The van der Waals surface area contributed by atoms with E-state index in [2.05, 4.69) is 6.07 Å². The molecule has 0 saturated heterocycles. The van der Waals surface area contributed by atoms with Gasteiger partial charge in [-0.25, -0.2) is 4.79 Å². The maximum Gasteiger partial charge on any atom is 0.341 e. The maximum atomic E-state index is 12.8. The molecule has 0 bridgehead atoms. The van der Waals surface area contributed by atoms with E-state index in [0.717, 1.165) is 39.6 Å². The summed E-state index contributed by atoms with van der Waals surface area (Å²) in [6.07, 6.45) is 4.22. The molecule has 6 heteroatoms. The van der Waals surface area contributed by atoms with Crippen molar-refractivity contribution in [3.8, 4) is 11.3 Å². The highest BCUT2D eigenvalue weighted by molar-refractivity contribution is 7.98. The Morgan fingerprint density at radius 2 is 1.96 bits per heavy atom. The van der Waals surface area contributed by atoms with Gasteiger partial charge in [0.2, 0.25) is 0 Å². The van der Waals surface area contributed by atoms with Crippen LogP contribution >= 0.6 is 23.4 Å². The molecule has 5 rings (SSSR count). The number of thioether (sulfide) groups is 1. The quantitative estimate of drug-likeness (QED) is 0.848. The number of aromatic carboxylic acids is 1. The standard InChI is InChI=1S/C19H16ClNO3S/c20-15-6-13-16(7-12(15)9-1-2-9)25-8-10-5-14(19(23)24)18(22)21(17(10)13)11-3-4-11/h5-7,9,11H,1-4,8H2,(H,23,24). The number of carboxylic acid groups (broad SMARTS) is 1. The van der Waals surface area contributed by atoms with Crippen LogP contribution in [0.5, 0.6) is 0 Å². The third-order valence-electron chi connectivity index (χ3n) is 5.21. The van der Waals surface area contributed by atoms with Crippen molar-refractivity contribution in [2.24, 2.45) is 0 Å². The van der Waals surface area contributed by atoms with Crippen LogP contribution in [0.2, 0.25) is 5.02 Å². The van der Waals surface area contributed by atoms with Crippen molar-refractivity contribution >= 4 is 29.3 Å². The number of hydrogen-bond donors (Lipinski definition) is 1. The van der Waals surface area contributed by atoms with Crippen LogP contribution in [0.3, 0.4) is 0 Å². The minimum absolute atomic E-state index is 0.110. The van der Waals surface area contributed by atoms with Gasteiger partial charge in [-0.3, -0.25) is 4.79 Å². The number of hydrogen-bond acceptors (Lipinski definition) is 3. The minimum Gasteiger partial charge on any atom is -0.477 e. The van der Waals surface area contributed by atoms with Gasteiger partial charge in [0.15, 0.2) is 0 Å². The van der Waals surface area contributed by atoms with E-state index >= 15 is 0 Å². The molecule has 0 radical (unpaired) electrons. The molecule has 2 aromatic rings. The molecule has 3 aliphatic rings. The van der Waals surface area contributed by atoms with Crippen molar-refractivity contribution in [2.75, 3.05) is 0 Å². The fourth-order valence-corrected chi connectivity index (χ4v) is 5.04. The lowest BCUT2D eigenvalue weighted by Crippen LogP contribution is -2.29. The number of halogens is 1. The van der Waals surface area contributed by atoms with Crippen LogP contribution in [0.25, 0.3) is 11.3 Å². The van der Waals surface area contributed by atoms with Crippen LogP contribution in [0, 0.1) is 0 Å². The van der Waals surface area contributed by atoms with Gasteiger partial charge in [0.05, 0.1) is 5.69 Å². The Bertz CT molecular complexity index is 989. The van der Waals surface area contributed by atoms with Crippen LogP contribution in [0.4, 0.5) is 0 Å². The zero-order valence-corrected chi connectivity index (χ0v) is 15.0. The van der Waals surface area contributed by atoms with Gasteiger partial charge >= 0.3 is 5.97 Å². The fourth-order valence-electron chi connectivity index (χ4n) is 3.67. The number of pyridine rings is 1. The molecule has 1 aromatic carbocycles. The molecule has 0 atom stereocenters. The van der Waals surface area contributed by atoms with E-state index in [1.165, 1.54) is 18.4 Å². The van der Waals surface area contributed by atoms with Gasteiger partial charge in [-0.1, -0.05) is 11.6 Å². The van der Waals surface area contributed by atoms with Crippen molar-refractivity contribution < 1.29 is 9.90 Å². The summed E-state index contributed by atoms with van der Waals surface area (Å²) < 4.78 is 1.71. The summed E-state index contributed by atoms with van der Waals surface area (Å²) in [7, 11) is 0. The van der Waals surface area contributed by atoms with E-state index in [1.807, 2.05) is 6.07 Å². The smallest absolute Gasteiger partial charge is 0.341 e. The first-order valence-corrected chi connectivity index (χ1v) is 9.89. The van der Waals surface area contributed by atoms with Gasteiger partial charge in [0.25, 0.3) is 5.56 Å². The molecular formula is C19H16ClNO3S. The molecular weight excluding hydrogens is 358 g/mol. The van der Waals surface area contributed by atoms with Crippen molar-refractivity contribution in [3.05, 3.63) is 50.3 Å². The number of carbonyl (C=O) groups is 1. The highest BCUT2D eigenvalue weighted by Crippen LogP contribution is 2.50. The molecule has 2 saturated carbocycles. The summed E-state index contributed by atoms with van der Waals surface area (Å²) in [4.78, 5) is 25.4. The van der Waals surface area contributed by atoms with E-state index in [4.69, 9.17) is 11.6 Å². The van der Waals surface area contributed by atoms with E-state index < -0.39 is 11.5 Å². The summed E-state index contributed by atoms with van der Waals surface area (Å²) in [6, 6.07) is 5.82. The van der Waals surface area contributed by atoms with E-state index in [1.54, 1.807) is 22.4 Å². The number of aromatic nitrogens is 1. The topological polar surface area (TPSA) is 59.3 Å². The Morgan fingerprint density at radius 3 is 2.60 bits per heavy atom.